The second-order valence-electron chi connectivity index (χ2n) is 4.70. The van der Waals surface area contributed by atoms with Crippen LogP contribution < -0.4 is 0 Å². The summed E-state index contributed by atoms with van der Waals surface area (Å²) in [6, 6.07) is 0. The average Bonchev–Trinajstić information content (AvgIpc) is 2.35. The molecule has 1 aliphatic rings. The van der Waals surface area contributed by atoms with Crippen LogP contribution in [0.4, 0.5) is 0 Å². The first-order valence-corrected chi connectivity index (χ1v) is 6.59. The third kappa shape index (κ3) is 3.96. The van der Waals surface area contributed by atoms with E-state index < -0.39 is 11.6 Å². The number of hydrogen-bond donors (Lipinski definition) is 1. The number of hydrogen-bond acceptors (Lipinski definition) is 3. The van der Waals surface area contributed by atoms with Crippen LogP contribution in [0.3, 0.4) is 0 Å². The summed E-state index contributed by atoms with van der Waals surface area (Å²) in [6.07, 6.45) is 4.31. The van der Waals surface area contributed by atoms with Gasteiger partial charge in [-0.05, 0) is 38.5 Å². The Morgan fingerprint density at radius 3 is 2.41 bits per heavy atom. The third-order valence-corrected chi connectivity index (χ3v) is 3.69. The molecule has 1 N–H and O–H groups in total. The fourth-order valence-corrected chi connectivity index (χ4v) is 2.41. The Labute approximate surface area is 103 Å². The standard InChI is InChI=1S/C13H24O4/c1-3-11-5-7-13(8-6-11,12(14)15)17-10-9-16-4-2/h11H,3-10H2,1-2H3,(H,14,15). The number of ether oxygens (including phenoxy) is 2. The number of rotatable bonds is 7. The molecule has 4 heteroatoms. The van der Waals surface area contributed by atoms with E-state index in [-0.39, 0.29) is 0 Å². The summed E-state index contributed by atoms with van der Waals surface area (Å²) in [7, 11) is 0. The molecular weight excluding hydrogens is 220 g/mol. The van der Waals surface area contributed by atoms with Crippen LogP contribution in [0.25, 0.3) is 0 Å². The van der Waals surface area contributed by atoms with E-state index in [1.807, 2.05) is 6.92 Å². The quantitative estimate of drug-likeness (QED) is 0.699. The first kappa shape index (κ1) is 14.5. The molecule has 0 atom stereocenters. The summed E-state index contributed by atoms with van der Waals surface area (Å²) in [4.78, 5) is 11.4. The van der Waals surface area contributed by atoms with Crippen LogP contribution in [0.5, 0.6) is 0 Å². The second-order valence-corrected chi connectivity index (χ2v) is 4.70. The number of aliphatic carboxylic acids is 1. The van der Waals surface area contributed by atoms with E-state index in [0.29, 0.717) is 38.6 Å². The van der Waals surface area contributed by atoms with E-state index in [4.69, 9.17) is 9.47 Å². The van der Waals surface area contributed by atoms with Gasteiger partial charge in [-0.1, -0.05) is 13.3 Å². The Hall–Kier alpha value is -0.610. The Balaban J connectivity index is 2.44. The highest BCUT2D eigenvalue weighted by molar-refractivity contribution is 5.77. The molecule has 0 unspecified atom stereocenters. The maximum Gasteiger partial charge on any atom is 0.335 e. The lowest BCUT2D eigenvalue weighted by Gasteiger charge is -2.36. The summed E-state index contributed by atoms with van der Waals surface area (Å²) in [5.41, 5.74) is -0.956. The summed E-state index contributed by atoms with van der Waals surface area (Å²) in [5.74, 6) is -0.151. The van der Waals surface area contributed by atoms with E-state index in [1.54, 1.807) is 0 Å². The van der Waals surface area contributed by atoms with Gasteiger partial charge >= 0.3 is 5.97 Å². The molecule has 0 aliphatic heterocycles. The molecule has 0 amide bonds. The molecule has 0 aromatic carbocycles. The Morgan fingerprint density at radius 2 is 1.94 bits per heavy atom. The summed E-state index contributed by atoms with van der Waals surface area (Å²) in [5, 5.41) is 9.34. The lowest BCUT2D eigenvalue weighted by Crippen LogP contribution is -2.45. The van der Waals surface area contributed by atoms with Gasteiger partial charge in [-0.25, -0.2) is 4.79 Å². The van der Waals surface area contributed by atoms with Crippen molar-refractivity contribution in [1.82, 2.24) is 0 Å². The highest BCUT2D eigenvalue weighted by atomic mass is 16.6. The molecule has 4 nitrogen and oxygen atoms in total. The Bertz CT molecular complexity index is 232. The highest BCUT2D eigenvalue weighted by Gasteiger charge is 2.42. The van der Waals surface area contributed by atoms with Crippen LogP contribution in [-0.2, 0) is 14.3 Å². The molecule has 1 rings (SSSR count). The lowest BCUT2D eigenvalue weighted by atomic mass is 9.77. The van der Waals surface area contributed by atoms with Crippen LogP contribution in [0, 0.1) is 5.92 Å². The van der Waals surface area contributed by atoms with Crippen molar-refractivity contribution < 1.29 is 19.4 Å². The van der Waals surface area contributed by atoms with E-state index in [1.165, 1.54) is 0 Å². The van der Waals surface area contributed by atoms with Crippen LogP contribution in [-0.4, -0.2) is 36.5 Å². The van der Waals surface area contributed by atoms with Gasteiger partial charge in [-0.3, -0.25) is 0 Å². The van der Waals surface area contributed by atoms with Crippen molar-refractivity contribution >= 4 is 5.97 Å². The van der Waals surface area contributed by atoms with Gasteiger partial charge in [0.15, 0.2) is 5.60 Å². The van der Waals surface area contributed by atoms with Crippen molar-refractivity contribution in [2.45, 2.75) is 51.6 Å². The lowest BCUT2D eigenvalue weighted by molar-refractivity contribution is -0.174. The zero-order valence-electron chi connectivity index (χ0n) is 10.9. The van der Waals surface area contributed by atoms with Gasteiger partial charge < -0.3 is 14.6 Å². The normalized spacial score (nSPS) is 29.2. The predicted octanol–water partition coefficient (Wildman–Crippen LogP) is 2.46. The van der Waals surface area contributed by atoms with Gasteiger partial charge in [-0.15, -0.1) is 0 Å². The third-order valence-electron chi connectivity index (χ3n) is 3.69. The maximum atomic E-state index is 11.4. The zero-order valence-corrected chi connectivity index (χ0v) is 10.9. The molecule has 17 heavy (non-hydrogen) atoms. The average molecular weight is 244 g/mol. The van der Waals surface area contributed by atoms with Crippen molar-refractivity contribution in [2.75, 3.05) is 19.8 Å². The second kappa shape index (κ2) is 6.97. The number of carboxylic acids is 1. The van der Waals surface area contributed by atoms with Gasteiger partial charge in [-0.2, -0.15) is 0 Å². The minimum absolute atomic E-state index is 0.372. The van der Waals surface area contributed by atoms with Crippen molar-refractivity contribution in [1.29, 1.82) is 0 Å². The molecule has 0 aromatic rings. The van der Waals surface area contributed by atoms with Gasteiger partial charge in [0.05, 0.1) is 13.2 Å². The molecule has 100 valence electrons. The van der Waals surface area contributed by atoms with Crippen LogP contribution >= 0.6 is 0 Å². The molecular formula is C13H24O4. The van der Waals surface area contributed by atoms with E-state index in [9.17, 15) is 9.90 Å². The Morgan fingerprint density at radius 1 is 1.29 bits per heavy atom. The van der Waals surface area contributed by atoms with E-state index >= 15 is 0 Å². The van der Waals surface area contributed by atoms with Crippen LogP contribution in [0.1, 0.15) is 46.0 Å². The molecule has 0 heterocycles. The summed E-state index contributed by atoms with van der Waals surface area (Å²) >= 11 is 0. The van der Waals surface area contributed by atoms with Gasteiger partial charge in [0, 0.05) is 6.61 Å². The molecule has 0 bridgehead atoms. The minimum atomic E-state index is -0.956. The van der Waals surface area contributed by atoms with Crippen molar-refractivity contribution in [2.24, 2.45) is 5.92 Å². The molecule has 0 spiro atoms. The molecule has 1 saturated carbocycles. The topological polar surface area (TPSA) is 55.8 Å². The first-order valence-electron chi connectivity index (χ1n) is 6.59. The molecule has 1 fully saturated rings. The number of carboxylic acid groups (broad SMARTS) is 1. The predicted molar refractivity (Wildman–Crippen MR) is 65.1 cm³/mol. The molecule has 1 aliphatic carbocycles. The summed E-state index contributed by atoms with van der Waals surface area (Å²) < 4.78 is 10.8. The summed E-state index contributed by atoms with van der Waals surface area (Å²) in [6.45, 7) is 5.56. The molecule has 0 aromatic heterocycles. The minimum Gasteiger partial charge on any atom is -0.479 e. The SMILES string of the molecule is CCOCCOC1(C(=O)O)CCC(CC)CC1. The molecule has 0 radical (unpaired) electrons. The fraction of sp³-hybridized carbons (Fsp3) is 0.923. The maximum absolute atomic E-state index is 11.4. The monoisotopic (exact) mass is 244 g/mol. The van der Waals surface area contributed by atoms with Crippen molar-refractivity contribution in [3.05, 3.63) is 0 Å². The molecule has 0 saturated heterocycles. The van der Waals surface area contributed by atoms with E-state index in [2.05, 4.69) is 6.92 Å². The fourth-order valence-electron chi connectivity index (χ4n) is 2.41. The van der Waals surface area contributed by atoms with Crippen molar-refractivity contribution in [3.8, 4) is 0 Å². The van der Waals surface area contributed by atoms with Crippen molar-refractivity contribution in [3.63, 3.8) is 0 Å². The smallest absolute Gasteiger partial charge is 0.335 e. The largest absolute Gasteiger partial charge is 0.479 e. The van der Waals surface area contributed by atoms with Gasteiger partial charge in [0.25, 0.3) is 0 Å². The van der Waals surface area contributed by atoms with Gasteiger partial charge in [0.1, 0.15) is 0 Å². The van der Waals surface area contributed by atoms with Gasteiger partial charge in [0.2, 0.25) is 0 Å². The number of carbonyl (C=O) groups is 1. The van der Waals surface area contributed by atoms with E-state index in [0.717, 1.165) is 19.3 Å². The zero-order chi connectivity index (χ0) is 12.7. The Kier molecular flexibility index (Phi) is 5.92. The van der Waals surface area contributed by atoms with Crippen LogP contribution in [0.15, 0.2) is 0 Å². The highest BCUT2D eigenvalue weighted by Crippen LogP contribution is 2.36. The van der Waals surface area contributed by atoms with Crippen LogP contribution in [0.2, 0.25) is 0 Å². The first-order chi connectivity index (χ1) is 8.14.